The van der Waals surface area contributed by atoms with E-state index in [9.17, 15) is 4.39 Å². The van der Waals surface area contributed by atoms with Gasteiger partial charge < -0.3 is 20.5 Å². The van der Waals surface area contributed by atoms with Crippen molar-refractivity contribution < 1.29 is 13.9 Å². The van der Waals surface area contributed by atoms with Gasteiger partial charge in [-0.05, 0) is 44.2 Å². The summed E-state index contributed by atoms with van der Waals surface area (Å²) in [7, 11) is 0. The zero-order chi connectivity index (χ0) is 15.2. The molecule has 2 aromatic carbocycles. The van der Waals surface area contributed by atoms with E-state index in [1.165, 1.54) is 6.07 Å². The molecule has 112 valence electrons. The van der Waals surface area contributed by atoms with Crippen molar-refractivity contribution in [3.63, 3.8) is 0 Å². The molecule has 0 saturated heterocycles. The molecule has 0 bridgehead atoms. The molecule has 0 heterocycles. The molecule has 5 heteroatoms. The van der Waals surface area contributed by atoms with Crippen LogP contribution in [0, 0.1) is 5.82 Å². The first kappa shape index (κ1) is 15.0. The highest BCUT2D eigenvalue weighted by molar-refractivity contribution is 5.65. The summed E-state index contributed by atoms with van der Waals surface area (Å²) in [5.41, 5.74) is 6.99. The summed E-state index contributed by atoms with van der Waals surface area (Å²) < 4.78 is 24.8. The van der Waals surface area contributed by atoms with Crippen molar-refractivity contribution in [3.05, 3.63) is 42.2 Å². The molecule has 2 aromatic rings. The van der Waals surface area contributed by atoms with Gasteiger partial charge in [0.1, 0.15) is 5.82 Å². The average Bonchev–Trinajstić information content (AvgIpc) is 2.45. The Bertz CT molecular complexity index is 617. The number of halogens is 1. The third-order valence-corrected chi connectivity index (χ3v) is 2.82. The Balaban J connectivity index is 2.25. The Morgan fingerprint density at radius 1 is 1.00 bits per heavy atom. The minimum atomic E-state index is -0.401. The number of ether oxygens (including phenoxy) is 2. The van der Waals surface area contributed by atoms with Crippen LogP contribution < -0.4 is 20.5 Å². The zero-order valence-corrected chi connectivity index (χ0v) is 12.2. The maximum atomic E-state index is 13.8. The van der Waals surface area contributed by atoms with E-state index in [4.69, 9.17) is 15.2 Å². The normalized spacial score (nSPS) is 10.2. The summed E-state index contributed by atoms with van der Waals surface area (Å²) in [6, 6.07) is 9.91. The maximum absolute atomic E-state index is 13.8. The smallest absolute Gasteiger partial charge is 0.163 e. The summed E-state index contributed by atoms with van der Waals surface area (Å²) in [6.45, 7) is 4.89. The highest BCUT2D eigenvalue weighted by Gasteiger charge is 2.08. The van der Waals surface area contributed by atoms with Gasteiger partial charge in [0.15, 0.2) is 11.5 Å². The molecule has 0 radical (unpaired) electrons. The van der Waals surface area contributed by atoms with Gasteiger partial charge in [0.2, 0.25) is 0 Å². The Labute approximate surface area is 123 Å². The van der Waals surface area contributed by atoms with Gasteiger partial charge in [-0.1, -0.05) is 0 Å². The molecule has 21 heavy (non-hydrogen) atoms. The molecule has 0 aliphatic heterocycles. The monoisotopic (exact) mass is 290 g/mol. The Morgan fingerprint density at radius 2 is 1.71 bits per heavy atom. The second-order valence-electron chi connectivity index (χ2n) is 4.39. The van der Waals surface area contributed by atoms with E-state index >= 15 is 0 Å². The minimum absolute atomic E-state index is 0.357. The summed E-state index contributed by atoms with van der Waals surface area (Å²) in [5.74, 6) is 0.893. The number of rotatable bonds is 6. The molecular formula is C16H19FN2O2. The van der Waals surface area contributed by atoms with Crippen LogP contribution in [0.15, 0.2) is 36.4 Å². The van der Waals surface area contributed by atoms with Crippen LogP contribution in [0.4, 0.5) is 21.5 Å². The van der Waals surface area contributed by atoms with Crippen LogP contribution in [0.2, 0.25) is 0 Å². The molecule has 0 spiro atoms. The fourth-order valence-electron chi connectivity index (χ4n) is 1.92. The lowest BCUT2D eigenvalue weighted by molar-refractivity contribution is 0.288. The summed E-state index contributed by atoms with van der Waals surface area (Å²) in [6.07, 6.45) is 0. The minimum Gasteiger partial charge on any atom is -0.490 e. The largest absolute Gasteiger partial charge is 0.490 e. The lowest BCUT2D eigenvalue weighted by Gasteiger charge is -2.14. The van der Waals surface area contributed by atoms with E-state index in [1.807, 2.05) is 19.9 Å². The van der Waals surface area contributed by atoms with E-state index < -0.39 is 5.82 Å². The summed E-state index contributed by atoms with van der Waals surface area (Å²) in [5, 5.41) is 3.00. The number of nitrogens with two attached hydrogens (primary N) is 1. The van der Waals surface area contributed by atoms with Gasteiger partial charge in [-0.25, -0.2) is 4.39 Å². The van der Waals surface area contributed by atoms with Crippen LogP contribution in [0.3, 0.4) is 0 Å². The Hall–Kier alpha value is -2.43. The van der Waals surface area contributed by atoms with Gasteiger partial charge >= 0.3 is 0 Å². The van der Waals surface area contributed by atoms with Gasteiger partial charge in [-0.2, -0.15) is 0 Å². The predicted octanol–water partition coefficient (Wildman–Crippen LogP) is 3.95. The van der Waals surface area contributed by atoms with E-state index in [1.54, 1.807) is 24.3 Å². The molecule has 0 saturated carbocycles. The fourth-order valence-corrected chi connectivity index (χ4v) is 1.92. The van der Waals surface area contributed by atoms with Crippen LogP contribution in [0.5, 0.6) is 11.5 Å². The van der Waals surface area contributed by atoms with Gasteiger partial charge in [0, 0.05) is 17.4 Å². The maximum Gasteiger partial charge on any atom is 0.163 e. The molecule has 0 aliphatic rings. The van der Waals surface area contributed by atoms with Crippen LogP contribution in [0.1, 0.15) is 13.8 Å². The quantitative estimate of drug-likeness (QED) is 0.791. The van der Waals surface area contributed by atoms with E-state index in [2.05, 4.69) is 5.32 Å². The van der Waals surface area contributed by atoms with Crippen molar-refractivity contribution >= 4 is 17.1 Å². The lowest BCUT2D eigenvalue weighted by Crippen LogP contribution is -2.00. The lowest BCUT2D eigenvalue weighted by atomic mass is 10.2. The molecule has 3 N–H and O–H groups in total. The average molecular weight is 290 g/mol. The fraction of sp³-hybridized carbons (Fsp3) is 0.250. The van der Waals surface area contributed by atoms with Crippen molar-refractivity contribution in [3.8, 4) is 11.5 Å². The van der Waals surface area contributed by atoms with Gasteiger partial charge in [0.05, 0.1) is 18.9 Å². The van der Waals surface area contributed by atoms with Crippen LogP contribution in [0.25, 0.3) is 0 Å². The summed E-state index contributed by atoms with van der Waals surface area (Å²) in [4.78, 5) is 0. The molecule has 0 amide bonds. The Morgan fingerprint density at radius 3 is 2.38 bits per heavy atom. The first-order chi connectivity index (χ1) is 10.1. The molecule has 4 nitrogen and oxygen atoms in total. The van der Waals surface area contributed by atoms with Crippen molar-refractivity contribution in [2.24, 2.45) is 0 Å². The number of nitrogens with one attached hydrogen (secondary N) is 1. The van der Waals surface area contributed by atoms with Crippen molar-refractivity contribution in [2.45, 2.75) is 13.8 Å². The first-order valence-corrected chi connectivity index (χ1v) is 6.85. The first-order valence-electron chi connectivity index (χ1n) is 6.85. The van der Waals surface area contributed by atoms with Crippen LogP contribution >= 0.6 is 0 Å². The second kappa shape index (κ2) is 6.83. The predicted molar refractivity (Wildman–Crippen MR) is 82.9 cm³/mol. The van der Waals surface area contributed by atoms with E-state index in [-0.39, 0.29) is 0 Å². The molecule has 0 unspecified atom stereocenters. The zero-order valence-electron chi connectivity index (χ0n) is 12.2. The third kappa shape index (κ3) is 3.78. The second-order valence-corrected chi connectivity index (χ2v) is 4.39. The molecule has 0 fully saturated rings. The molecule has 0 aromatic heterocycles. The topological polar surface area (TPSA) is 56.5 Å². The summed E-state index contributed by atoms with van der Waals surface area (Å²) >= 11 is 0. The van der Waals surface area contributed by atoms with Gasteiger partial charge in [0.25, 0.3) is 0 Å². The standard InChI is InChI=1S/C16H19FN2O2/c1-3-20-15-8-6-12(10-16(15)21-4-2)19-14-7-5-11(18)9-13(14)17/h5-10,19H,3-4,18H2,1-2H3. The van der Waals surface area contributed by atoms with Crippen LogP contribution in [-0.4, -0.2) is 13.2 Å². The SMILES string of the molecule is CCOc1ccc(Nc2ccc(N)cc2F)cc1OCC. The number of nitrogen functional groups attached to an aromatic ring is 1. The third-order valence-electron chi connectivity index (χ3n) is 2.82. The van der Waals surface area contributed by atoms with Crippen LogP contribution in [-0.2, 0) is 0 Å². The number of benzene rings is 2. The number of hydrogen-bond donors (Lipinski definition) is 2. The van der Waals surface area contributed by atoms with Crippen molar-refractivity contribution in [2.75, 3.05) is 24.3 Å². The van der Waals surface area contributed by atoms with E-state index in [0.29, 0.717) is 41.8 Å². The van der Waals surface area contributed by atoms with Gasteiger partial charge in [-0.15, -0.1) is 0 Å². The molecule has 2 rings (SSSR count). The highest BCUT2D eigenvalue weighted by atomic mass is 19.1. The number of anilines is 3. The molecular weight excluding hydrogens is 271 g/mol. The molecule has 0 aliphatic carbocycles. The van der Waals surface area contributed by atoms with Gasteiger partial charge in [-0.3, -0.25) is 0 Å². The molecule has 0 atom stereocenters. The van der Waals surface area contributed by atoms with Crippen molar-refractivity contribution in [1.29, 1.82) is 0 Å². The van der Waals surface area contributed by atoms with E-state index in [0.717, 1.165) is 0 Å². The van der Waals surface area contributed by atoms with Crippen molar-refractivity contribution in [1.82, 2.24) is 0 Å². The Kier molecular flexibility index (Phi) is 4.87. The number of hydrogen-bond acceptors (Lipinski definition) is 4. The highest BCUT2D eigenvalue weighted by Crippen LogP contribution is 2.32.